The monoisotopic (exact) mass is 330 g/mol. The Kier molecular flexibility index (Phi) is 3.58. The zero-order valence-corrected chi connectivity index (χ0v) is 13.8. The Morgan fingerprint density at radius 2 is 2.04 bits per heavy atom. The smallest absolute Gasteiger partial charge is 0.410 e. The molecule has 7 heteroatoms. The molecule has 3 fully saturated rings. The number of carbonyl (C=O) groups is 2. The topological polar surface area (TPSA) is 88.8 Å². The number of ether oxygens (including phenoxy) is 1. The van der Waals surface area contributed by atoms with Gasteiger partial charge in [0.25, 0.3) is 5.91 Å². The molecule has 0 unspecified atom stereocenters. The maximum atomic E-state index is 12.2. The molecule has 1 aromatic heterocycles. The summed E-state index contributed by atoms with van der Waals surface area (Å²) in [7, 11) is 0. The third-order valence-corrected chi connectivity index (χ3v) is 5.35. The number of nitrogens with zero attached hydrogens (tertiary/aromatic N) is 3. The van der Waals surface area contributed by atoms with Gasteiger partial charge in [-0.15, -0.1) is 0 Å². The highest BCUT2D eigenvalue weighted by molar-refractivity contribution is 5.97. The Hall–Kier alpha value is -2.31. The fourth-order valence-electron chi connectivity index (χ4n) is 4.22. The van der Waals surface area contributed by atoms with E-state index in [4.69, 9.17) is 10.5 Å². The van der Waals surface area contributed by atoms with Gasteiger partial charge in [0.1, 0.15) is 11.9 Å². The van der Waals surface area contributed by atoms with Crippen molar-refractivity contribution in [1.29, 1.82) is 0 Å². The summed E-state index contributed by atoms with van der Waals surface area (Å²) in [6.07, 6.45) is 4.08. The number of primary amides is 1. The largest absolute Gasteiger partial charge is 0.442 e. The molecule has 2 aliphatic heterocycles. The minimum absolute atomic E-state index is 0.0311. The van der Waals surface area contributed by atoms with Crippen LogP contribution in [0.5, 0.6) is 0 Å². The number of rotatable bonds is 3. The number of carbonyl (C=O) groups excluding carboxylic acids is 2. The molecule has 0 bridgehead atoms. The Bertz CT molecular complexity index is 686. The van der Waals surface area contributed by atoms with Crippen LogP contribution in [-0.4, -0.2) is 53.2 Å². The van der Waals surface area contributed by atoms with Gasteiger partial charge in [-0.25, -0.2) is 9.78 Å². The second-order valence-corrected chi connectivity index (χ2v) is 6.93. The summed E-state index contributed by atoms with van der Waals surface area (Å²) in [5.74, 6) is 0.110. The quantitative estimate of drug-likeness (QED) is 0.906. The number of anilines is 1. The lowest BCUT2D eigenvalue weighted by Gasteiger charge is -2.28. The predicted octanol–water partition coefficient (Wildman–Crippen LogP) is 1.44. The Morgan fingerprint density at radius 1 is 1.29 bits per heavy atom. The van der Waals surface area contributed by atoms with Crippen molar-refractivity contribution in [2.45, 2.75) is 50.8 Å². The molecule has 2 amide bonds. The average Bonchev–Trinajstić information content (AvgIpc) is 3.22. The van der Waals surface area contributed by atoms with Crippen LogP contribution in [0.4, 0.5) is 10.6 Å². The van der Waals surface area contributed by atoms with Gasteiger partial charge >= 0.3 is 6.09 Å². The molecule has 2 saturated heterocycles. The number of aryl methyl sites for hydroxylation is 1. The molecule has 4 rings (SSSR count). The van der Waals surface area contributed by atoms with Gasteiger partial charge in [-0.05, 0) is 31.9 Å². The first-order chi connectivity index (χ1) is 11.5. The van der Waals surface area contributed by atoms with E-state index in [0.29, 0.717) is 24.5 Å². The third kappa shape index (κ3) is 2.39. The molecule has 2 atom stereocenters. The van der Waals surface area contributed by atoms with E-state index in [1.165, 1.54) is 12.8 Å². The van der Waals surface area contributed by atoms with Crippen molar-refractivity contribution < 1.29 is 14.3 Å². The molecule has 2 N–H and O–H groups in total. The Balaban J connectivity index is 1.60. The summed E-state index contributed by atoms with van der Waals surface area (Å²) in [4.78, 5) is 32.4. The molecular formula is C17H22N4O3. The van der Waals surface area contributed by atoms with Crippen LogP contribution in [0.2, 0.25) is 0 Å². The third-order valence-electron chi connectivity index (χ3n) is 5.35. The van der Waals surface area contributed by atoms with Gasteiger partial charge in [0, 0.05) is 18.3 Å². The number of nitrogens with two attached hydrogens (primary N) is 1. The summed E-state index contributed by atoms with van der Waals surface area (Å²) in [5, 5.41) is 0. The minimum atomic E-state index is -0.487. The fourth-order valence-corrected chi connectivity index (χ4v) is 4.22. The standard InChI is InChI=1S/C17H22N4O3/c1-10-6-7-12(15(18)22)16(19-10)20-8-13-14(9-20)24-17(23)21(13)11-4-2-3-5-11/h6-7,11,13-14H,2-5,8-9H2,1H3,(H2,18,22)/t13-,14+/m1/s1. The second-order valence-electron chi connectivity index (χ2n) is 6.93. The summed E-state index contributed by atoms with van der Waals surface area (Å²) in [5.41, 5.74) is 6.74. The van der Waals surface area contributed by atoms with E-state index >= 15 is 0 Å². The van der Waals surface area contributed by atoms with Gasteiger partial charge in [-0.3, -0.25) is 9.69 Å². The van der Waals surface area contributed by atoms with Crippen LogP contribution in [0.1, 0.15) is 41.7 Å². The van der Waals surface area contributed by atoms with Crippen LogP contribution in [0.25, 0.3) is 0 Å². The molecule has 1 aliphatic carbocycles. The van der Waals surface area contributed by atoms with Crippen molar-refractivity contribution in [3.63, 3.8) is 0 Å². The number of amides is 2. The first kappa shape index (κ1) is 15.2. The zero-order valence-electron chi connectivity index (χ0n) is 13.8. The average molecular weight is 330 g/mol. The number of pyridine rings is 1. The number of hydrogen-bond acceptors (Lipinski definition) is 5. The van der Waals surface area contributed by atoms with Crippen molar-refractivity contribution in [3.8, 4) is 0 Å². The van der Waals surface area contributed by atoms with Crippen LogP contribution in [0.3, 0.4) is 0 Å². The van der Waals surface area contributed by atoms with E-state index in [9.17, 15) is 9.59 Å². The zero-order chi connectivity index (χ0) is 16.8. The maximum Gasteiger partial charge on any atom is 0.410 e. The van der Waals surface area contributed by atoms with Crippen molar-refractivity contribution in [2.24, 2.45) is 5.73 Å². The van der Waals surface area contributed by atoms with Gasteiger partial charge in [-0.1, -0.05) is 12.8 Å². The fraction of sp³-hybridized carbons (Fsp3) is 0.588. The van der Waals surface area contributed by atoms with E-state index in [1.807, 2.05) is 16.7 Å². The molecule has 7 nitrogen and oxygen atoms in total. The SMILES string of the molecule is Cc1ccc(C(N)=O)c(N2C[C@@H]3OC(=O)N(C4CCCC4)[C@@H]3C2)n1. The van der Waals surface area contributed by atoms with E-state index in [2.05, 4.69) is 4.98 Å². The molecular weight excluding hydrogens is 308 g/mol. The van der Waals surface area contributed by atoms with E-state index < -0.39 is 5.91 Å². The minimum Gasteiger partial charge on any atom is -0.442 e. The van der Waals surface area contributed by atoms with Crippen molar-refractivity contribution in [1.82, 2.24) is 9.88 Å². The molecule has 0 spiro atoms. The summed E-state index contributed by atoms with van der Waals surface area (Å²) in [6, 6.07) is 3.82. The van der Waals surface area contributed by atoms with Gasteiger partial charge in [0.15, 0.2) is 0 Å². The lowest BCUT2D eigenvalue weighted by Crippen LogP contribution is -2.44. The highest BCUT2D eigenvalue weighted by Crippen LogP contribution is 2.36. The molecule has 3 aliphatic rings. The van der Waals surface area contributed by atoms with Crippen molar-refractivity contribution >= 4 is 17.8 Å². The maximum absolute atomic E-state index is 12.2. The number of hydrogen-bond donors (Lipinski definition) is 1. The Labute approximate surface area is 140 Å². The van der Waals surface area contributed by atoms with E-state index in [-0.39, 0.29) is 24.3 Å². The van der Waals surface area contributed by atoms with E-state index in [1.54, 1.807) is 12.1 Å². The van der Waals surface area contributed by atoms with Crippen molar-refractivity contribution in [2.75, 3.05) is 18.0 Å². The lowest BCUT2D eigenvalue weighted by molar-refractivity contribution is 0.0999. The van der Waals surface area contributed by atoms with E-state index in [0.717, 1.165) is 18.5 Å². The first-order valence-corrected chi connectivity index (χ1v) is 8.56. The van der Waals surface area contributed by atoms with Gasteiger partial charge < -0.3 is 15.4 Å². The lowest BCUT2D eigenvalue weighted by atomic mass is 10.1. The Morgan fingerprint density at radius 3 is 2.75 bits per heavy atom. The normalized spacial score (nSPS) is 26.8. The van der Waals surface area contributed by atoms with Crippen LogP contribution < -0.4 is 10.6 Å². The molecule has 0 radical (unpaired) electrons. The van der Waals surface area contributed by atoms with Crippen LogP contribution in [0, 0.1) is 6.92 Å². The molecule has 24 heavy (non-hydrogen) atoms. The van der Waals surface area contributed by atoms with Crippen LogP contribution in [-0.2, 0) is 4.74 Å². The highest BCUT2D eigenvalue weighted by Gasteiger charge is 2.51. The second kappa shape index (κ2) is 5.65. The summed E-state index contributed by atoms with van der Waals surface area (Å²) < 4.78 is 5.59. The van der Waals surface area contributed by atoms with Gasteiger partial charge in [0.05, 0.1) is 18.2 Å². The van der Waals surface area contributed by atoms with Crippen molar-refractivity contribution in [3.05, 3.63) is 23.4 Å². The first-order valence-electron chi connectivity index (χ1n) is 8.56. The number of fused-ring (bicyclic) bond motifs is 1. The van der Waals surface area contributed by atoms with Crippen LogP contribution >= 0.6 is 0 Å². The molecule has 1 aromatic rings. The number of aromatic nitrogens is 1. The molecule has 128 valence electrons. The summed E-state index contributed by atoms with van der Waals surface area (Å²) in [6.45, 7) is 3.07. The molecule has 3 heterocycles. The van der Waals surface area contributed by atoms with Crippen LogP contribution in [0.15, 0.2) is 12.1 Å². The highest BCUT2D eigenvalue weighted by atomic mass is 16.6. The van der Waals surface area contributed by atoms with Gasteiger partial charge in [0.2, 0.25) is 0 Å². The summed E-state index contributed by atoms with van der Waals surface area (Å²) >= 11 is 0. The molecule has 0 aromatic carbocycles. The predicted molar refractivity (Wildman–Crippen MR) is 87.9 cm³/mol. The molecule has 1 saturated carbocycles. The van der Waals surface area contributed by atoms with Gasteiger partial charge in [-0.2, -0.15) is 0 Å².